The van der Waals surface area contributed by atoms with E-state index in [0.29, 0.717) is 11.6 Å². The quantitative estimate of drug-likeness (QED) is 0.722. The molecule has 15 heavy (non-hydrogen) atoms. The number of benzene rings is 1. The largest absolute Gasteiger partial charge is 0.466 e. The third kappa shape index (κ3) is 2.00. The van der Waals surface area contributed by atoms with E-state index in [9.17, 15) is 4.79 Å². The molecule has 1 atom stereocenters. The number of aryl methyl sites for hydroxylation is 1. The number of fused-ring (bicyclic) bond motifs is 1. The number of carbonyl (C=O) groups excluding carboxylic acids is 1. The fraction of sp³-hybridized carbons (Fsp3) is 0.417. The van der Waals surface area contributed by atoms with Crippen LogP contribution in [0.4, 0.5) is 0 Å². The molecule has 0 saturated carbocycles. The second-order valence-corrected chi connectivity index (χ2v) is 4.12. The molecule has 1 aliphatic rings. The number of ether oxygens (including phenoxy) is 1. The summed E-state index contributed by atoms with van der Waals surface area (Å²) in [5.41, 5.74) is 2.26. The van der Waals surface area contributed by atoms with Crippen molar-refractivity contribution in [1.29, 1.82) is 0 Å². The van der Waals surface area contributed by atoms with Crippen LogP contribution in [-0.2, 0) is 16.0 Å². The Kier molecular flexibility index (Phi) is 2.96. The van der Waals surface area contributed by atoms with Crippen molar-refractivity contribution in [1.82, 2.24) is 0 Å². The minimum Gasteiger partial charge on any atom is -0.466 e. The molecule has 0 amide bonds. The van der Waals surface area contributed by atoms with Gasteiger partial charge in [0.05, 0.1) is 12.5 Å². The van der Waals surface area contributed by atoms with Crippen LogP contribution in [0.15, 0.2) is 18.2 Å². The number of carbonyl (C=O) groups is 1. The van der Waals surface area contributed by atoms with Crippen LogP contribution in [0.5, 0.6) is 0 Å². The summed E-state index contributed by atoms with van der Waals surface area (Å²) >= 11 is 5.92. The first-order valence-corrected chi connectivity index (χ1v) is 5.55. The van der Waals surface area contributed by atoms with E-state index in [2.05, 4.69) is 0 Å². The molecule has 0 N–H and O–H groups in total. The highest BCUT2D eigenvalue weighted by atomic mass is 35.5. The fourth-order valence-corrected chi connectivity index (χ4v) is 2.24. The van der Waals surface area contributed by atoms with Crippen molar-refractivity contribution in [3.05, 3.63) is 34.3 Å². The Labute approximate surface area is 94.2 Å². The minimum absolute atomic E-state index is 0.112. The van der Waals surface area contributed by atoms with Crippen LogP contribution >= 0.6 is 11.6 Å². The Morgan fingerprint density at radius 1 is 1.60 bits per heavy atom. The molecule has 0 heterocycles. The van der Waals surface area contributed by atoms with E-state index in [1.807, 2.05) is 25.1 Å². The summed E-state index contributed by atoms with van der Waals surface area (Å²) in [6.45, 7) is 2.26. The van der Waals surface area contributed by atoms with Crippen LogP contribution in [0, 0.1) is 0 Å². The predicted molar refractivity (Wildman–Crippen MR) is 59.1 cm³/mol. The van der Waals surface area contributed by atoms with Gasteiger partial charge in [0.15, 0.2) is 0 Å². The van der Waals surface area contributed by atoms with E-state index in [-0.39, 0.29) is 11.9 Å². The zero-order valence-corrected chi connectivity index (χ0v) is 9.38. The van der Waals surface area contributed by atoms with Crippen molar-refractivity contribution in [2.24, 2.45) is 0 Å². The molecular weight excluding hydrogens is 212 g/mol. The molecule has 3 heteroatoms. The summed E-state index contributed by atoms with van der Waals surface area (Å²) in [5.74, 6) is -0.239. The van der Waals surface area contributed by atoms with Gasteiger partial charge in [-0.25, -0.2) is 0 Å². The second kappa shape index (κ2) is 4.23. The molecule has 0 radical (unpaired) electrons. The normalized spacial score (nSPS) is 18.7. The minimum atomic E-state index is -0.126. The van der Waals surface area contributed by atoms with Gasteiger partial charge in [0, 0.05) is 5.02 Å². The third-order valence-electron chi connectivity index (χ3n) is 2.76. The first-order valence-electron chi connectivity index (χ1n) is 5.17. The lowest BCUT2D eigenvalue weighted by molar-refractivity contribution is -0.144. The molecule has 0 bridgehead atoms. The molecule has 1 aromatic carbocycles. The first kappa shape index (κ1) is 10.5. The maximum absolute atomic E-state index is 11.7. The summed E-state index contributed by atoms with van der Waals surface area (Å²) in [7, 11) is 0. The molecule has 0 spiro atoms. The van der Waals surface area contributed by atoms with E-state index in [1.54, 1.807) is 0 Å². The Hall–Kier alpha value is -1.02. The number of hydrogen-bond acceptors (Lipinski definition) is 2. The standard InChI is InChI=1S/C12H13ClO2/c1-2-15-12(14)10-6-4-8-3-5-9(13)7-11(8)10/h3,5,7,10H,2,4,6H2,1H3/t10-/m0/s1. The van der Waals surface area contributed by atoms with Gasteiger partial charge >= 0.3 is 5.97 Å². The summed E-state index contributed by atoms with van der Waals surface area (Å²) in [6, 6.07) is 5.75. The number of hydrogen-bond donors (Lipinski definition) is 0. The van der Waals surface area contributed by atoms with Crippen LogP contribution in [-0.4, -0.2) is 12.6 Å². The van der Waals surface area contributed by atoms with Crippen molar-refractivity contribution in [3.8, 4) is 0 Å². The lowest BCUT2D eigenvalue weighted by Gasteiger charge is -2.10. The van der Waals surface area contributed by atoms with Gasteiger partial charge in [0.1, 0.15) is 0 Å². The van der Waals surface area contributed by atoms with Gasteiger partial charge in [-0.1, -0.05) is 17.7 Å². The maximum Gasteiger partial charge on any atom is 0.313 e. The highest BCUT2D eigenvalue weighted by Gasteiger charge is 2.29. The van der Waals surface area contributed by atoms with Gasteiger partial charge in [-0.15, -0.1) is 0 Å². The molecule has 2 nitrogen and oxygen atoms in total. The second-order valence-electron chi connectivity index (χ2n) is 3.69. The van der Waals surface area contributed by atoms with Crippen LogP contribution < -0.4 is 0 Å². The highest BCUT2D eigenvalue weighted by Crippen LogP contribution is 2.35. The van der Waals surface area contributed by atoms with Crippen LogP contribution in [0.25, 0.3) is 0 Å². The van der Waals surface area contributed by atoms with E-state index >= 15 is 0 Å². The molecule has 0 fully saturated rings. The molecule has 2 rings (SSSR count). The lowest BCUT2D eigenvalue weighted by atomic mass is 10.0. The van der Waals surface area contributed by atoms with Crippen molar-refractivity contribution >= 4 is 17.6 Å². The zero-order valence-electron chi connectivity index (χ0n) is 8.63. The zero-order chi connectivity index (χ0) is 10.8. The van der Waals surface area contributed by atoms with Gasteiger partial charge in [0.25, 0.3) is 0 Å². The summed E-state index contributed by atoms with van der Waals surface area (Å²) in [6.07, 6.45) is 1.78. The molecule has 0 saturated heterocycles. The molecule has 80 valence electrons. The highest BCUT2D eigenvalue weighted by molar-refractivity contribution is 6.30. The average Bonchev–Trinajstić information content (AvgIpc) is 2.60. The molecule has 0 aliphatic heterocycles. The van der Waals surface area contributed by atoms with Gasteiger partial charge < -0.3 is 4.74 Å². The Morgan fingerprint density at radius 2 is 2.40 bits per heavy atom. The lowest BCUT2D eigenvalue weighted by Crippen LogP contribution is -2.13. The van der Waals surface area contributed by atoms with E-state index in [4.69, 9.17) is 16.3 Å². The SMILES string of the molecule is CCOC(=O)[C@H]1CCc2ccc(Cl)cc21. The maximum atomic E-state index is 11.7. The van der Waals surface area contributed by atoms with Crippen molar-refractivity contribution in [2.45, 2.75) is 25.7 Å². The Morgan fingerprint density at radius 3 is 3.13 bits per heavy atom. The molecular formula is C12H13ClO2. The van der Waals surface area contributed by atoms with Crippen LogP contribution in [0.1, 0.15) is 30.4 Å². The van der Waals surface area contributed by atoms with Crippen molar-refractivity contribution in [2.75, 3.05) is 6.61 Å². The molecule has 0 unspecified atom stereocenters. The molecule has 1 aromatic rings. The Bertz CT molecular complexity index is 387. The van der Waals surface area contributed by atoms with Crippen LogP contribution in [0.3, 0.4) is 0 Å². The number of rotatable bonds is 2. The van der Waals surface area contributed by atoms with Crippen LogP contribution in [0.2, 0.25) is 5.02 Å². The summed E-state index contributed by atoms with van der Waals surface area (Å²) < 4.78 is 5.04. The summed E-state index contributed by atoms with van der Waals surface area (Å²) in [4.78, 5) is 11.7. The van der Waals surface area contributed by atoms with Gasteiger partial charge in [-0.2, -0.15) is 0 Å². The topological polar surface area (TPSA) is 26.3 Å². The number of esters is 1. The van der Waals surface area contributed by atoms with E-state index in [0.717, 1.165) is 18.4 Å². The van der Waals surface area contributed by atoms with Gasteiger partial charge in [-0.05, 0) is 43.0 Å². The number of halogens is 1. The predicted octanol–water partition coefficient (Wildman–Crippen LogP) is 2.93. The van der Waals surface area contributed by atoms with Crippen molar-refractivity contribution in [3.63, 3.8) is 0 Å². The fourth-order valence-electron chi connectivity index (χ4n) is 2.06. The van der Waals surface area contributed by atoms with E-state index < -0.39 is 0 Å². The Balaban J connectivity index is 2.27. The van der Waals surface area contributed by atoms with E-state index in [1.165, 1.54) is 5.56 Å². The van der Waals surface area contributed by atoms with Crippen molar-refractivity contribution < 1.29 is 9.53 Å². The summed E-state index contributed by atoms with van der Waals surface area (Å²) in [5, 5.41) is 0.685. The monoisotopic (exact) mass is 224 g/mol. The average molecular weight is 225 g/mol. The third-order valence-corrected chi connectivity index (χ3v) is 2.99. The van der Waals surface area contributed by atoms with Gasteiger partial charge in [0.2, 0.25) is 0 Å². The van der Waals surface area contributed by atoms with Gasteiger partial charge in [-0.3, -0.25) is 4.79 Å². The first-order chi connectivity index (χ1) is 7.22. The molecule has 0 aromatic heterocycles. The molecule has 1 aliphatic carbocycles. The smallest absolute Gasteiger partial charge is 0.313 e.